The molecule has 1 aromatic rings. The molecule has 3 nitrogen and oxygen atoms in total. The average Bonchev–Trinajstić information content (AvgIpc) is 2.50. The van der Waals surface area contributed by atoms with Gasteiger partial charge in [-0.05, 0) is 6.92 Å². The van der Waals surface area contributed by atoms with E-state index < -0.39 is 12.2 Å². The van der Waals surface area contributed by atoms with E-state index in [-0.39, 0.29) is 6.42 Å². The molecule has 1 rings (SSSR count). The Hall–Kier alpha value is -1.04. The molecule has 0 saturated carbocycles. The number of imidazole rings is 1. The first kappa shape index (κ1) is 11.0. The number of aryl methyl sites for hydroxylation is 1. The smallest absolute Gasteiger partial charge is 0.335 e. The number of halogens is 3. The summed E-state index contributed by atoms with van der Waals surface area (Å²) in [4.78, 5) is 3.82. The zero-order valence-corrected chi connectivity index (χ0v) is 7.75. The molecule has 6 heteroatoms. The Balaban J connectivity index is 2.69. The number of nitrogens with zero attached hydrogens (tertiary/aromatic N) is 2. The summed E-state index contributed by atoms with van der Waals surface area (Å²) in [6, 6.07) is -1.84. The summed E-state index contributed by atoms with van der Waals surface area (Å²) in [5, 5.41) is 0. The van der Waals surface area contributed by atoms with Crippen molar-refractivity contribution in [2.45, 2.75) is 32.1 Å². The summed E-state index contributed by atoms with van der Waals surface area (Å²) in [5.74, 6) is 0.373. The van der Waals surface area contributed by atoms with Crippen molar-refractivity contribution >= 4 is 0 Å². The molecule has 0 spiro atoms. The number of nitrogens with two attached hydrogens (primary N) is 1. The molecule has 80 valence electrons. The van der Waals surface area contributed by atoms with Crippen LogP contribution in [0.15, 0.2) is 12.4 Å². The van der Waals surface area contributed by atoms with Gasteiger partial charge in [0.2, 0.25) is 0 Å². The number of aromatic nitrogens is 2. The van der Waals surface area contributed by atoms with E-state index in [0.29, 0.717) is 12.4 Å². The molecule has 1 unspecified atom stereocenters. The predicted octanol–water partition coefficient (Wildman–Crippen LogP) is 1.34. The van der Waals surface area contributed by atoms with Crippen LogP contribution in [0, 0.1) is 0 Å². The first-order chi connectivity index (χ1) is 6.45. The van der Waals surface area contributed by atoms with Crippen molar-refractivity contribution in [3.63, 3.8) is 0 Å². The van der Waals surface area contributed by atoms with Gasteiger partial charge in [-0.15, -0.1) is 0 Å². The molecular formula is C8H12F3N3. The van der Waals surface area contributed by atoms with Gasteiger partial charge < -0.3 is 10.3 Å². The lowest BCUT2D eigenvalue weighted by Gasteiger charge is -2.15. The van der Waals surface area contributed by atoms with Gasteiger partial charge in [-0.3, -0.25) is 0 Å². The van der Waals surface area contributed by atoms with Gasteiger partial charge in [0, 0.05) is 25.4 Å². The highest BCUT2D eigenvalue weighted by atomic mass is 19.4. The Morgan fingerprint density at radius 3 is 2.71 bits per heavy atom. The largest absolute Gasteiger partial charge is 0.404 e. The summed E-state index contributed by atoms with van der Waals surface area (Å²) in [6.45, 7) is 2.43. The van der Waals surface area contributed by atoms with Crippen LogP contribution in [-0.2, 0) is 13.0 Å². The standard InChI is InChI=1S/C8H12F3N3/c1-2-14-4-3-13-7(14)5-6(12)8(9,10)11/h3-4,6H,2,5,12H2,1H3. The molecule has 0 aromatic carbocycles. The minimum atomic E-state index is -4.36. The fourth-order valence-electron chi connectivity index (χ4n) is 1.13. The quantitative estimate of drug-likeness (QED) is 0.812. The molecule has 14 heavy (non-hydrogen) atoms. The van der Waals surface area contributed by atoms with E-state index >= 15 is 0 Å². The summed E-state index contributed by atoms with van der Waals surface area (Å²) in [6.07, 6.45) is -1.52. The van der Waals surface area contributed by atoms with Crippen LogP contribution in [0.5, 0.6) is 0 Å². The van der Waals surface area contributed by atoms with Crippen LogP contribution in [0.4, 0.5) is 13.2 Å². The molecular weight excluding hydrogens is 195 g/mol. The average molecular weight is 207 g/mol. The molecule has 0 aliphatic heterocycles. The zero-order chi connectivity index (χ0) is 10.8. The maximum Gasteiger partial charge on any atom is 0.404 e. The molecule has 0 radical (unpaired) electrons. The predicted molar refractivity (Wildman–Crippen MR) is 45.6 cm³/mol. The zero-order valence-electron chi connectivity index (χ0n) is 7.75. The topological polar surface area (TPSA) is 43.8 Å². The number of hydrogen-bond acceptors (Lipinski definition) is 2. The van der Waals surface area contributed by atoms with Crippen molar-refractivity contribution in [1.29, 1.82) is 0 Å². The molecule has 0 aliphatic rings. The van der Waals surface area contributed by atoms with E-state index in [2.05, 4.69) is 4.98 Å². The van der Waals surface area contributed by atoms with Crippen LogP contribution >= 0.6 is 0 Å². The molecule has 1 heterocycles. The van der Waals surface area contributed by atoms with Gasteiger partial charge in [0.05, 0.1) is 0 Å². The van der Waals surface area contributed by atoms with E-state index in [0.717, 1.165) is 0 Å². The molecule has 0 bridgehead atoms. The molecule has 1 atom stereocenters. The Morgan fingerprint density at radius 2 is 2.21 bits per heavy atom. The summed E-state index contributed by atoms with van der Waals surface area (Å²) in [7, 11) is 0. The van der Waals surface area contributed by atoms with Gasteiger partial charge >= 0.3 is 6.18 Å². The van der Waals surface area contributed by atoms with Crippen molar-refractivity contribution in [2.24, 2.45) is 5.73 Å². The Morgan fingerprint density at radius 1 is 1.57 bits per heavy atom. The van der Waals surface area contributed by atoms with Crippen molar-refractivity contribution in [2.75, 3.05) is 0 Å². The lowest BCUT2D eigenvalue weighted by Crippen LogP contribution is -2.39. The fourth-order valence-corrected chi connectivity index (χ4v) is 1.13. The van der Waals surface area contributed by atoms with Crippen LogP contribution in [-0.4, -0.2) is 21.8 Å². The third-order valence-corrected chi connectivity index (χ3v) is 1.97. The van der Waals surface area contributed by atoms with Gasteiger partial charge in [0.1, 0.15) is 11.9 Å². The summed E-state index contributed by atoms with van der Waals surface area (Å²) >= 11 is 0. The first-order valence-corrected chi connectivity index (χ1v) is 4.27. The van der Waals surface area contributed by atoms with E-state index in [9.17, 15) is 13.2 Å². The van der Waals surface area contributed by atoms with Gasteiger partial charge in [0.15, 0.2) is 0 Å². The number of rotatable bonds is 3. The molecule has 0 fully saturated rings. The number of hydrogen-bond donors (Lipinski definition) is 1. The normalized spacial score (nSPS) is 14.4. The minimum Gasteiger partial charge on any atom is -0.335 e. The Kier molecular flexibility index (Phi) is 3.15. The highest BCUT2D eigenvalue weighted by Crippen LogP contribution is 2.20. The molecule has 0 saturated heterocycles. The summed E-state index contributed by atoms with van der Waals surface area (Å²) in [5.41, 5.74) is 4.99. The molecule has 0 aliphatic carbocycles. The van der Waals surface area contributed by atoms with E-state index in [1.165, 1.54) is 6.20 Å². The Bertz CT molecular complexity index is 292. The van der Waals surface area contributed by atoms with Crippen molar-refractivity contribution in [3.05, 3.63) is 18.2 Å². The van der Waals surface area contributed by atoms with Crippen LogP contribution in [0.25, 0.3) is 0 Å². The second-order valence-electron chi connectivity index (χ2n) is 2.98. The van der Waals surface area contributed by atoms with Crippen molar-refractivity contribution in [1.82, 2.24) is 9.55 Å². The lowest BCUT2D eigenvalue weighted by molar-refractivity contribution is -0.147. The molecule has 0 amide bonds. The van der Waals surface area contributed by atoms with Gasteiger partial charge in [-0.1, -0.05) is 0 Å². The van der Waals surface area contributed by atoms with Crippen LogP contribution in [0.2, 0.25) is 0 Å². The van der Waals surface area contributed by atoms with Crippen LogP contribution in [0.3, 0.4) is 0 Å². The molecule has 1 aromatic heterocycles. The molecule has 2 N–H and O–H groups in total. The van der Waals surface area contributed by atoms with Gasteiger partial charge in [-0.2, -0.15) is 13.2 Å². The van der Waals surface area contributed by atoms with E-state index in [1.54, 1.807) is 10.8 Å². The third-order valence-electron chi connectivity index (χ3n) is 1.97. The van der Waals surface area contributed by atoms with Crippen molar-refractivity contribution < 1.29 is 13.2 Å². The minimum absolute atomic E-state index is 0.273. The van der Waals surface area contributed by atoms with Gasteiger partial charge in [0.25, 0.3) is 0 Å². The fraction of sp³-hybridized carbons (Fsp3) is 0.625. The van der Waals surface area contributed by atoms with E-state index in [1.807, 2.05) is 6.92 Å². The lowest BCUT2D eigenvalue weighted by atomic mass is 10.2. The number of alkyl halides is 3. The Labute approximate surface area is 79.7 Å². The van der Waals surface area contributed by atoms with Crippen LogP contribution in [0.1, 0.15) is 12.7 Å². The van der Waals surface area contributed by atoms with Gasteiger partial charge in [-0.25, -0.2) is 4.98 Å². The summed E-state index contributed by atoms with van der Waals surface area (Å²) < 4.78 is 38.0. The van der Waals surface area contributed by atoms with Crippen molar-refractivity contribution in [3.8, 4) is 0 Å². The monoisotopic (exact) mass is 207 g/mol. The second kappa shape index (κ2) is 4.00. The van der Waals surface area contributed by atoms with Crippen LogP contribution < -0.4 is 5.73 Å². The SMILES string of the molecule is CCn1ccnc1CC(N)C(F)(F)F. The highest BCUT2D eigenvalue weighted by Gasteiger charge is 2.37. The maximum absolute atomic E-state index is 12.1. The van der Waals surface area contributed by atoms with E-state index in [4.69, 9.17) is 5.73 Å². The third kappa shape index (κ3) is 2.47. The highest BCUT2D eigenvalue weighted by molar-refractivity contribution is 4.96. The maximum atomic E-state index is 12.1. The second-order valence-corrected chi connectivity index (χ2v) is 2.98. The first-order valence-electron chi connectivity index (χ1n) is 4.27.